The molecular weight excluding hydrogens is 238 g/mol. The summed E-state index contributed by atoms with van der Waals surface area (Å²) in [7, 11) is 0. The van der Waals surface area contributed by atoms with E-state index in [1.165, 1.54) is 0 Å². The molecule has 1 amide bonds. The maximum atomic E-state index is 12.2. The lowest BCUT2D eigenvalue weighted by Crippen LogP contribution is -2.30. The average molecular weight is 253 g/mol. The van der Waals surface area contributed by atoms with E-state index in [9.17, 15) is 4.79 Å². The zero-order valence-corrected chi connectivity index (χ0v) is 10.5. The van der Waals surface area contributed by atoms with Crippen molar-refractivity contribution in [3.63, 3.8) is 0 Å². The molecule has 19 heavy (non-hydrogen) atoms. The Hall–Kier alpha value is -2.49. The van der Waals surface area contributed by atoms with E-state index in [1.807, 2.05) is 30.3 Å². The van der Waals surface area contributed by atoms with E-state index in [0.29, 0.717) is 12.1 Å². The van der Waals surface area contributed by atoms with Crippen molar-refractivity contribution in [2.24, 2.45) is 0 Å². The molecule has 0 atom stereocenters. The third-order valence-electron chi connectivity index (χ3n) is 3.35. The lowest BCUT2D eigenvalue weighted by molar-refractivity contribution is -0.118. The molecule has 1 heterocycles. The number of rotatable bonds is 1. The molecule has 0 saturated heterocycles. The largest absolute Gasteiger partial charge is 0.399 e. The van der Waals surface area contributed by atoms with Gasteiger partial charge in [-0.25, -0.2) is 0 Å². The lowest BCUT2D eigenvalue weighted by Gasteiger charge is -2.29. The summed E-state index contributed by atoms with van der Waals surface area (Å²) in [5.74, 6) is 0.0991. The number of benzene rings is 2. The minimum Gasteiger partial charge on any atom is -0.399 e. The van der Waals surface area contributed by atoms with E-state index in [-0.39, 0.29) is 5.91 Å². The Morgan fingerprint density at radius 3 is 2.32 bits per heavy atom. The Morgan fingerprint density at radius 1 is 0.895 bits per heavy atom. The van der Waals surface area contributed by atoms with Crippen LogP contribution >= 0.6 is 0 Å². The van der Waals surface area contributed by atoms with Crippen LogP contribution in [0.15, 0.2) is 42.5 Å². The molecule has 1 aliphatic heterocycles. The van der Waals surface area contributed by atoms with Gasteiger partial charge in [0.15, 0.2) is 0 Å². The smallest absolute Gasteiger partial charge is 0.231 e. The second kappa shape index (κ2) is 4.31. The Labute approximate surface area is 111 Å². The lowest BCUT2D eigenvalue weighted by atomic mass is 9.99. The first-order chi connectivity index (χ1) is 9.15. The number of nitrogen functional groups attached to an aromatic ring is 2. The Kier molecular flexibility index (Phi) is 2.63. The fourth-order valence-electron chi connectivity index (χ4n) is 2.42. The predicted octanol–water partition coefficient (Wildman–Crippen LogP) is 2.46. The van der Waals surface area contributed by atoms with Gasteiger partial charge >= 0.3 is 0 Å². The molecule has 3 rings (SSSR count). The van der Waals surface area contributed by atoms with E-state index in [0.717, 1.165) is 29.0 Å². The normalized spacial score (nSPS) is 14.3. The van der Waals surface area contributed by atoms with Gasteiger partial charge in [0.1, 0.15) is 0 Å². The van der Waals surface area contributed by atoms with Crippen LogP contribution in [0.2, 0.25) is 0 Å². The van der Waals surface area contributed by atoms with Crippen LogP contribution in [0, 0.1) is 0 Å². The van der Waals surface area contributed by atoms with E-state index in [2.05, 4.69) is 0 Å². The molecule has 0 saturated carbocycles. The predicted molar refractivity (Wildman–Crippen MR) is 77.2 cm³/mol. The fourth-order valence-corrected chi connectivity index (χ4v) is 2.42. The number of amides is 1. The Balaban J connectivity index is 2.10. The van der Waals surface area contributed by atoms with Crippen LogP contribution in [0.4, 0.5) is 22.7 Å². The quantitative estimate of drug-likeness (QED) is 0.767. The third-order valence-corrected chi connectivity index (χ3v) is 3.35. The second-order valence-corrected chi connectivity index (χ2v) is 4.71. The summed E-state index contributed by atoms with van der Waals surface area (Å²) in [4.78, 5) is 13.9. The molecule has 2 aromatic carbocycles. The number of carbonyl (C=O) groups is 1. The molecule has 0 unspecified atom stereocenters. The van der Waals surface area contributed by atoms with Crippen LogP contribution in [0.5, 0.6) is 0 Å². The van der Waals surface area contributed by atoms with Gasteiger partial charge in [0.25, 0.3) is 0 Å². The number of carbonyl (C=O) groups excluding carboxylic acids is 1. The van der Waals surface area contributed by atoms with Gasteiger partial charge in [0.2, 0.25) is 5.91 Å². The summed E-state index contributed by atoms with van der Waals surface area (Å²) < 4.78 is 0. The molecule has 0 spiro atoms. The van der Waals surface area contributed by atoms with E-state index >= 15 is 0 Å². The molecule has 1 aliphatic rings. The Bertz CT molecular complexity index is 634. The summed E-state index contributed by atoms with van der Waals surface area (Å²) in [6.45, 7) is 0. The first kappa shape index (κ1) is 11.6. The highest BCUT2D eigenvalue weighted by Gasteiger charge is 2.25. The number of nitrogens with zero attached hydrogens (tertiary/aromatic N) is 1. The summed E-state index contributed by atoms with van der Waals surface area (Å²) in [5.41, 5.74) is 15.8. The van der Waals surface area contributed by atoms with Crippen LogP contribution < -0.4 is 16.4 Å². The number of nitrogens with two attached hydrogens (primary N) is 2. The highest BCUT2D eigenvalue weighted by molar-refractivity contribution is 6.03. The van der Waals surface area contributed by atoms with Crippen LogP contribution in [0.25, 0.3) is 0 Å². The molecule has 0 aromatic heterocycles. The number of aryl methyl sites for hydroxylation is 1. The number of fused-ring (bicyclic) bond motifs is 1. The van der Waals surface area contributed by atoms with Crippen LogP contribution in [0.3, 0.4) is 0 Å². The fraction of sp³-hybridized carbons (Fsp3) is 0.133. The van der Waals surface area contributed by atoms with E-state index in [1.54, 1.807) is 17.0 Å². The summed E-state index contributed by atoms with van der Waals surface area (Å²) in [5, 5.41) is 0. The number of anilines is 4. The highest BCUT2D eigenvalue weighted by Crippen LogP contribution is 2.35. The van der Waals surface area contributed by atoms with Gasteiger partial charge in [-0.05, 0) is 54.4 Å². The standard InChI is InChI=1S/C15H15N3O/c16-11-2-5-13(6-3-11)18-14-7-4-12(17)9-10(14)1-8-15(18)19/h2-7,9H,1,8,16-17H2. The van der Waals surface area contributed by atoms with Crippen molar-refractivity contribution in [3.8, 4) is 0 Å². The Morgan fingerprint density at radius 2 is 1.58 bits per heavy atom. The van der Waals surface area contributed by atoms with Gasteiger partial charge < -0.3 is 11.5 Å². The molecule has 0 aliphatic carbocycles. The average Bonchev–Trinajstić information content (AvgIpc) is 2.40. The third kappa shape index (κ3) is 2.01. The zero-order chi connectivity index (χ0) is 13.4. The van der Waals surface area contributed by atoms with Crippen molar-refractivity contribution in [2.45, 2.75) is 12.8 Å². The SMILES string of the molecule is Nc1ccc(N2C(=O)CCc3cc(N)ccc32)cc1. The second-order valence-electron chi connectivity index (χ2n) is 4.71. The van der Waals surface area contributed by atoms with Gasteiger partial charge in [-0.15, -0.1) is 0 Å². The molecule has 4 heteroatoms. The molecule has 0 radical (unpaired) electrons. The highest BCUT2D eigenvalue weighted by atomic mass is 16.2. The molecule has 0 bridgehead atoms. The minimum atomic E-state index is 0.0991. The molecule has 4 nitrogen and oxygen atoms in total. The van der Waals surface area contributed by atoms with E-state index < -0.39 is 0 Å². The van der Waals surface area contributed by atoms with Crippen molar-refractivity contribution >= 4 is 28.7 Å². The van der Waals surface area contributed by atoms with Crippen molar-refractivity contribution in [2.75, 3.05) is 16.4 Å². The van der Waals surface area contributed by atoms with Crippen LogP contribution in [-0.2, 0) is 11.2 Å². The van der Waals surface area contributed by atoms with Crippen molar-refractivity contribution in [1.29, 1.82) is 0 Å². The first-order valence-electron chi connectivity index (χ1n) is 6.22. The van der Waals surface area contributed by atoms with Gasteiger partial charge in [-0.1, -0.05) is 0 Å². The van der Waals surface area contributed by atoms with Crippen molar-refractivity contribution < 1.29 is 4.79 Å². The van der Waals surface area contributed by atoms with Crippen LogP contribution in [-0.4, -0.2) is 5.91 Å². The molecule has 96 valence electrons. The van der Waals surface area contributed by atoms with Crippen molar-refractivity contribution in [1.82, 2.24) is 0 Å². The zero-order valence-electron chi connectivity index (χ0n) is 10.5. The molecule has 2 aromatic rings. The summed E-state index contributed by atoms with van der Waals surface area (Å²) in [6.07, 6.45) is 1.24. The monoisotopic (exact) mass is 253 g/mol. The number of hydrogen-bond donors (Lipinski definition) is 2. The van der Waals surface area contributed by atoms with Gasteiger partial charge in [-0.2, -0.15) is 0 Å². The van der Waals surface area contributed by atoms with Gasteiger partial charge in [0, 0.05) is 23.5 Å². The molecule has 0 fully saturated rings. The van der Waals surface area contributed by atoms with Crippen molar-refractivity contribution in [3.05, 3.63) is 48.0 Å². The summed E-state index contributed by atoms with van der Waals surface area (Å²) in [6, 6.07) is 13.0. The molecule has 4 N–H and O–H groups in total. The first-order valence-corrected chi connectivity index (χ1v) is 6.22. The van der Waals surface area contributed by atoms with E-state index in [4.69, 9.17) is 11.5 Å². The topological polar surface area (TPSA) is 72.3 Å². The maximum Gasteiger partial charge on any atom is 0.231 e. The van der Waals surface area contributed by atoms with Gasteiger partial charge in [0.05, 0.1) is 5.69 Å². The molecular formula is C15H15N3O. The number of hydrogen-bond acceptors (Lipinski definition) is 3. The van der Waals surface area contributed by atoms with Gasteiger partial charge in [-0.3, -0.25) is 9.69 Å². The van der Waals surface area contributed by atoms with Crippen LogP contribution in [0.1, 0.15) is 12.0 Å². The minimum absolute atomic E-state index is 0.0991. The summed E-state index contributed by atoms with van der Waals surface area (Å²) >= 11 is 0. The maximum absolute atomic E-state index is 12.2.